The molecule has 21 heavy (non-hydrogen) atoms. The van der Waals surface area contributed by atoms with Gasteiger partial charge in [-0.25, -0.2) is 12.8 Å². The highest BCUT2D eigenvalue weighted by atomic mass is 32.2. The van der Waals surface area contributed by atoms with E-state index in [4.69, 9.17) is 5.73 Å². The molecule has 3 rings (SSSR count). The van der Waals surface area contributed by atoms with E-state index in [9.17, 15) is 12.8 Å². The van der Waals surface area contributed by atoms with E-state index >= 15 is 0 Å². The van der Waals surface area contributed by atoms with Crippen molar-refractivity contribution in [3.8, 4) is 0 Å². The van der Waals surface area contributed by atoms with Crippen LogP contribution in [0.3, 0.4) is 0 Å². The summed E-state index contributed by atoms with van der Waals surface area (Å²) in [6, 6.07) is 9.10. The van der Waals surface area contributed by atoms with Crippen LogP contribution in [0.5, 0.6) is 0 Å². The number of hydrogen-bond donors (Lipinski definition) is 1. The highest BCUT2D eigenvalue weighted by molar-refractivity contribution is 7.90. The minimum Gasteiger partial charge on any atom is -0.398 e. The molecule has 5 heteroatoms. The SMILES string of the molecule is Nc1cc(F)ccc1CS(=O)(=O)c1ccc2c(c1)CCC2. The van der Waals surface area contributed by atoms with Gasteiger partial charge in [0, 0.05) is 5.69 Å². The summed E-state index contributed by atoms with van der Waals surface area (Å²) >= 11 is 0. The molecule has 0 fully saturated rings. The third kappa shape index (κ3) is 2.78. The summed E-state index contributed by atoms with van der Waals surface area (Å²) in [5, 5.41) is 0. The number of anilines is 1. The van der Waals surface area contributed by atoms with Crippen LogP contribution in [-0.2, 0) is 28.4 Å². The zero-order valence-electron chi connectivity index (χ0n) is 11.5. The van der Waals surface area contributed by atoms with Crippen LogP contribution in [-0.4, -0.2) is 8.42 Å². The number of halogens is 1. The molecule has 2 N–H and O–H groups in total. The third-order valence-electron chi connectivity index (χ3n) is 3.88. The molecule has 0 radical (unpaired) electrons. The lowest BCUT2D eigenvalue weighted by Gasteiger charge is -2.09. The van der Waals surface area contributed by atoms with Crippen molar-refractivity contribution in [1.82, 2.24) is 0 Å². The molecule has 0 bridgehead atoms. The van der Waals surface area contributed by atoms with Crippen molar-refractivity contribution in [3.05, 3.63) is 58.9 Å². The molecule has 0 saturated heterocycles. The van der Waals surface area contributed by atoms with Crippen molar-refractivity contribution in [1.29, 1.82) is 0 Å². The first kappa shape index (κ1) is 14.1. The molecule has 0 aromatic heterocycles. The molecule has 0 aliphatic heterocycles. The lowest BCUT2D eigenvalue weighted by atomic mass is 10.1. The Hall–Kier alpha value is -1.88. The van der Waals surface area contributed by atoms with Gasteiger partial charge in [0.05, 0.1) is 10.6 Å². The van der Waals surface area contributed by atoms with Crippen LogP contribution in [0.1, 0.15) is 23.1 Å². The molecule has 0 amide bonds. The van der Waals surface area contributed by atoms with Gasteiger partial charge in [-0.15, -0.1) is 0 Å². The molecule has 110 valence electrons. The Morgan fingerprint density at radius 2 is 1.81 bits per heavy atom. The Balaban J connectivity index is 1.93. The van der Waals surface area contributed by atoms with Crippen molar-refractivity contribution in [2.24, 2.45) is 0 Å². The summed E-state index contributed by atoms with van der Waals surface area (Å²) in [6.45, 7) is 0. The summed E-state index contributed by atoms with van der Waals surface area (Å²) in [5.74, 6) is -0.677. The van der Waals surface area contributed by atoms with Gasteiger partial charge >= 0.3 is 0 Å². The first-order chi connectivity index (χ1) is 9.95. The van der Waals surface area contributed by atoms with Gasteiger partial charge in [0.15, 0.2) is 9.84 Å². The summed E-state index contributed by atoms with van der Waals surface area (Å²) in [5.41, 5.74) is 8.63. The molecule has 1 aliphatic carbocycles. The number of nitrogen functional groups attached to an aromatic ring is 1. The van der Waals surface area contributed by atoms with E-state index in [1.54, 1.807) is 12.1 Å². The first-order valence-corrected chi connectivity index (χ1v) is 8.49. The molecule has 0 atom stereocenters. The minimum atomic E-state index is -3.47. The number of hydrogen-bond acceptors (Lipinski definition) is 3. The van der Waals surface area contributed by atoms with Crippen molar-refractivity contribution in [2.75, 3.05) is 5.73 Å². The summed E-state index contributed by atoms with van der Waals surface area (Å²) in [7, 11) is -3.47. The smallest absolute Gasteiger partial charge is 0.182 e. The largest absolute Gasteiger partial charge is 0.398 e. The molecule has 0 spiro atoms. The Morgan fingerprint density at radius 1 is 1.05 bits per heavy atom. The highest BCUT2D eigenvalue weighted by Gasteiger charge is 2.20. The Labute approximate surface area is 123 Å². The first-order valence-electron chi connectivity index (χ1n) is 6.84. The zero-order chi connectivity index (χ0) is 15.0. The number of aryl methyl sites for hydroxylation is 2. The molecule has 0 unspecified atom stereocenters. The van der Waals surface area contributed by atoms with Gasteiger partial charge in [-0.3, -0.25) is 0 Å². The molecule has 1 aliphatic rings. The molecule has 0 heterocycles. The van der Waals surface area contributed by atoms with E-state index in [0.717, 1.165) is 30.9 Å². The van der Waals surface area contributed by atoms with E-state index in [1.807, 2.05) is 6.07 Å². The average Bonchev–Trinajstić information content (AvgIpc) is 2.89. The molecule has 0 saturated carbocycles. The molecule has 3 nitrogen and oxygen atoms in total. The summed E-state index contributed by atoms with van der Waals surface area (Å²) < 4.78 is 38.0. The van der Waals surface area contributed by atoms with Crippen molar-refractivity contribution < 1.29 is 12.8 Å². The fourth-order valence-electron chi connectivity index (χ4n) is 2.73. The Kier molecular flexibility index (Phi) is 3.45. The van der Waals surface area contributed by atoms with Crippen LogP contribution in [0.15, 0.2) is 41.3 Å². The minimum absolute atomic E-state index is 0.166. The van der Waals surface area contributed by atoms with Gasteiger partial charge in [-0.2, -0.15) is 0 Å². The van der Waals surface area contributed by atoms with Crippen LogP contribution >= 0.6 is 0 Å². The third-order valence-corrected chi connectivity index (χ3v) is 5.55. The standard InChI is InChI=1S/C16H16FNO2S/c17-14-6-4-13(16(18)9-14)10-21(19,20)15-7-5-11-2-1-3-12(11)8-15/h4-9H,1-3,10,18H2. The maximum absolute atomic E-state index is 13.0. The Morgan fingerprint density at radius 3 is 2.57 bits per heavy atom. The maximum Gasteiger partial charge on any atom is 0.182 e. The Bertz CT molecular complexity index is 800. The molecular weight excluding hydrogens is 289 g/mol. The second kappa shape index (κ2) is 5.15. The fraction of sp³-hybridized carbons (Fsp3) is 0.250. The highest BCUT2D eigenvalue weighted by Crippen LogP contribution is 2.27. The second-order valence-electron chi connectivity index (χ2n) is 5.39. The van der Waals surface area contributed by atoms with Crippen LogP contribution in [0.4, 0.5) is 10.1 Å². The van der Waals surface area contributed by atoms with Gasteiger partial charge in [-0.1, -0.05) is 12.1 Å². The van der Waals surface area contributed by atoms with Gasteiger partial charge in [0.2, 0.25) is 0 Å². The number of sulfone groups is 1. The fourth-order valence-corrected chi connectivity index (χ4v) is 4.16. The van der Waals surface area contributed by atoms with Crippen LogP contribution in [0, 0.1) is 5.82 Å². The molecular formula is C16H16FNO2S. The topological polar surface area (TPSA) is 60.2 Å². The van der Waals surface area contributed by atoms with E-state index in [1.165, 1.54) is 17.7 Å². The van der Waals surface area contributed by atoms with Crippen LogP contribution in [0.2, 0.25) is 0 Å². The quantitative estimate of drug-likeness (QED) is 0.887. The van der Waals surface area contributed by atoms with Crippen molar-refractivity contribution in [3.63, 3.8) is 0 Å². The molecule has 2 aromatic rings. The van der Waals surface area contributed by atoms with Gasteiger partial charge < -0.3 is 5.73 Å². The lowest BCUT2D eigenvalue weighted by Crippen LogP contribution is -2.08. The summed E-state index contributed by atoms with van der Waals surface area (Å²) in [4.78, 5) is 0.312. The predicted octanol–water partition coefficient (Wildman–Crippen LogP) is 2.87. The maximum atomic E-state index is 13.0. The normalized spacial score (nSPS) is 14.1. The van der Waals surface area contributed by atoms with Crippen molar-refractivity contribution in [2.45, 2.75) is 29.9 Å². The second-order valence-corrected chi connectivity index (χ2v) is 7.38. The number of rotatable bonds is 3. The number of nitrogens with two attached hydrogens (primary N) is 1. The predicted molar refractivity (Wildman–Crippen MR) is 80.2 cm³/mol. The number of benzene rings is 2. The number of fused-ring (bicyclic) bond motifs is 1. The molecule has 2 aromatic carbocycles. The van der Waals surface area contributed by atoms with Gasteiger partial charge in [-0.05, 0) is 60.2 Å². The average molecular weight is 305 g/mol. The van der Waals surface area contributed by atoms with E-state index in [2.05, 4.69) is 0 Å². The van der Waals surface area contributed by atoms with Crippen LogP contribution < -0.4 is 5.73 Å². The monoisotopic (exact) mass is 305 g/mol. The van der Waals surface area contributed by atoms with Crippen LogP contribution in [0.25, 0.3) is 0 Å². The van der Waals surface area contributed by atoms with E-state index in [-0.39, 0.29) is 11.4 Å². The lowest BCUT2D eigenvalue weighted by molar-refractivity contribution is 0.594. The van der Waals surface area contributed by atoms with Gasteiger partial charge in [0.1, 0.15) is 5.82 Å². The van der Waals surface area contributed by atoms with Gasteiger partial charge in [0.25, 0.3) is 0 Å². The summed E-state index contributed by atoms with van der Waals surface area (Å²) in [6.07, 6.45) is 3.02. The van der Waals surface area contributed by atoms with Crippen molar-refractivity contribution >= 4 is 15.5 Å². The van der Waals surface area contributed by atoms with E-state index in [0.29, 0.717) is 10.5 Å². The zero-order valence-corrected chi connectivity index (χ0v) is 12.3. The van der Waals surface area contributed by atoms with E-state index < -0.39 is 15.7 Å².